The molecule has 1 heterocycles. The fraction of sp³-hybridized carbons (Fsp3) is 0.778. The van der Waals surface area contributed by atoms with Crippen LogP contribution in [0, 0.1) is 16.7 Å². The molecular formula is C18H26O3S. The minimum atomic E-state index is -0.450. The van der Waals surface area contributed by atoms with E-state index in [9.17, 15) is 9.59 Å². The molecule has 4 unspecified atom stereocenters. The first-order valence-corrected chi connectivity index (χ1v) is 9.55. The first kappa shape index (κ1) is 16.1. The van der Waals surface area contributed by atoms with Gasteiger partial charge >= 0.3 is 5.97 Å². The maximum atomic E-state index is 13.1. The van der Waals surface area contributed by atoms with Crippen LogP contribution < -0.4 is 0 Å². The van der Waals surface area contributed by atoms with Crippen molar-refractivity contribution in [3.8, 4) is 0 Å². The van der Waals surface area contributed by atoms with Gasteiger partial charge in [-0.1, -0.05) is 26.7 Å². The summed E-state index contributed by atoms with van der Waals surface area (Å²) in [7, 11) is 0. The molecule has 0 aromatic carbocycles. The standard InChI is InChI=1S/C18H26O3S/c1-4-5-9-22-11-12-10-13-14-17(2,15(12)19)7-6-8-18(14,3)16(20)21-13/h11,13-14H,4-10H2,1-3H3/b12-11+. The molecule has 3 aliphatic rings. The highest BCUT2D eigenvalue weighted by Gasteiger charge is 2.66. The zero-order valence-electron chi connectivity index (χ0n) is 13.8. The molecule has 22 heavy (non-hydrogen) atoms. The number of hydrogen-bond donors (Lipinski definition) is 0. The smallest absolute Gasteiger partial charge is 0.312 e. The molecule has 0 amide bonds. The van der Waals surface area contributed by atoms with Gasteiger partial charge in [-0.05, 0) is 37.3 Å². The summed E-state index contributed by atoms with van der Waals surface area (Å²) in [6, 6.07) is 0. The molecule has 0 radical (unpaired) electrons. The fourth-order valence-corrected chi connectivity index (χ4v) is 5.78. The first-order valence-electron chi connectivity index (χ1n) is 8.50. The Balaban J connectivity index is 1.88. The van der Waals surface area contributed by atoms with Crippen LogP contribution in [0.2, 0.25) is 0 Å². The molecular weight excluding hydrogens is 296 g/mol. The summed E-state index contributed by atoms with van der Waals surface area (Å²) >= 11 is 1.73. The zero-order valence-corrected chi connectivity index (χ0v) is 14.6. The summed E-state index contributed by atoms with van der Waals surface area (Å²) in [6.07, 6.45) is 5.53. The van der Waals surface area contributed by atoms with Crippen LogP contribution in [0.25, 0.3) is 0 Å². The normalized spacial score (nSPS) is 42.4. The highest BCUT2D eigenvalue weighted by molar-refractivity contribution is 8.02. The number of carbonyl (C=O) groups excluding carboxylic acids is 2. The van der Waals surface area contributed by atoms with Crippen LogP contribution in [-0.2, 0) is 14.3 Å². The number of ether oxygens (including phenoxy) is 1. The highest BCUT2D eigenvalue weighted by Crippen LogP contribution is 2.61. The Kier molecular flexibility index (Phi) is 4.17. The summed E-state index contributed by atoms with van der Waals surface area (Å²) in [4.78, 5) is 25.4. The summed E-state index contributed by atoms with van der Waals surface area (Å²) in [5.41, 5.74) is 0.0109. The van der Waals surface area contributed by atoms with Gasteiger partial charge in [0.1, 0.15) is 6.10 Å². The number of rotatable bonds is 4. The topological polar surface area (TPSA) is 43.4 Å². The van der Waals surface area contributed by atoms with Crippen molar-refractivity contribution in [2.24, 2.45) is 16.7 Å². The van der Waals surface area contributed by atoms with Gasteiger partial charge in [-0.2, -0.15) is 0 Å². The lowest BCUT2D eigenvalue weighted by Crippen LogP contribution is -2.54. The highest BCUT2D eigenvalue weighted by atomic mass is 32.2. The molecule has 122 valence electrons. The lowest BCUT2D eigenvalue weighted by molar-refractivity contribution is -0.148. The number of ketones is 1. The minimum absolute atomic E-state index is 0.0616. The van der Waals surface area contributed by atoms with Crippen molar-refractivity contribution < 1.29 is 14.3 Å². The van der Waals surface area contributed by atoms with E-state index < -0.39 is 10.8 Å². The second-order valence-corrected chi connectivity index (χ2v) is 8.49. The Morgan fingerprint density at radius 3 is 2.73 bits per heavy atom. The van der Waals surface area contributed by atoms with Crippen molar-refractivity contribution in [3.63, 3.8) is 0 Å². The molecule has 0 bridgehead atoms. The lowest BCUT2D eigenvalue weighted by Gasteiger charge is -2.49. The average molecular weight is 322 g/mol. The predicted octanol–water partition coefficient (Wildman–Crippen LogP) is 4.11. The van der Waals surface area contributed by atoms with Gasteiger partial charge in [0.15, 0.2) is 5.78 Å². The molecule has 1 saturated heterocycles. The van der Waals surface area contributed by atoms with Gasteiger partial charge in [0, 0.05) is 23.3 Å². The van der Waals surface area contributed by atoms with Crippen molar-refractivity contribution >= 4 is 23.5 Å². The molecule has 0 N–H and O–H groups in total. The second-order valence-electron chi connectivity index (χ2n) is 7.51. The number of unbranched alkanes of at least 4 members (excludes halogenated alkanes) is 1. The van der Waals surface area contributed by atoms with E-state index in [1.165, 1.54) is 12.8 Å². The minimum Gasteiger partial charge on any atom is -0.461 e. The van der Waals surface area contributed by atoms with E-state index in [4.69, 9.17) is 4.74 Å². The van der Waals surface area contributed by atoms with Crippen molar-refractivity contribution in [3.05, 3.63) is 11.0 Å². The maximum absolute atomic E-state index is 13.1. The van der Waals surface area contributed by atoms with Gasteiger partial charge in [-0.25, -0.2) is 0 Å². The Hall–Kier alpha value is -0.770. The third-order valence-corrected chi connectivity index (χ3v) is 6.91. The van der Waals surface area contributed by atoms with E-state index in [2.05, 4.69) is 13.8 Å². The Morgan fingerprint density at radius 2 is 2.00 bits per heavy atom. The van der Waals surface area contributed by atoms with E-state index in [0.29, 0.717) is 6.42 Å². The molecule has 3 fully saturated rings. The van der Waals surface area contributed by atoms with Crippen molar-refractivity contribution in [1.82, 2.24) is 0 Å². The van der Waals surface area contributed by atoms with Crippen LogP contribution >= 0.6 is 11.8 Å². The van der Waals surface area contributed by atoms with Crippen LogP contribution in [0.15, 0.2) is 11.0 Å². The molecule has 2 aliphatic carbocycles. The Morgan fingerprint density at radius 1 is 1.27 bits per heavy atom. The quantitative estimate of drug-likeness (QED) is 0.444. The maximum Gasteiger partial charge on any atom is 0.312 e. The zero-order chi connectivity index (χ0) is 16.0. The lowest BCUT2D eigenvalue weighted by atomic mass is 9.50. The predicted molar refractivity (Wildman–Crippen MR) is 88.5 cm³/mol. The molecule has 3 rings (SSSR count). The van der Waals surface area contributed by atoms with E-state index in [1.54, 1.807) is 11.8 Å². The number of Topliss-reactive ketones (excluding diaryl/α,β-unsaturated/α-hetero) is 1. The van der Waals surface area contributed by atoms with E-state index in [0.717, 1.165) is 30.6 Å². The monoisotopic (exact) mass is 322 g/mol. The Bertz CT molecular complexity index is 526. The second kappa shape index (κ2) is 5.70. The van der Waals surface area contributed by atoms with E-state index in [-0.39, 0.29) is 23.8 Å². The third-order valence-electron chi connectivity index (χ3n) is 5.93. The number of carbonyl (C=O) groups is 2. The van der Waals surface area contributed by atoms with Gasteiger partial charge in [0.25, 0.3) is 0 Å². The number of hydrogen-bond acceptors (Lipinski definition) is 4. The Labute approximate surface area is 137 Å². The number of esters is 1. The van der Waals surface area contributed by atoms with Crippen LogP contribution in [0.4, 0.5) is 0 Å². The van der Waals surface area contributed by atoms with Gasteiger partial charge in [-0.3, -0.25) is 9.59 Å². The first-order chi connectivity index (χ1) is 10.4. The van der Waals surface area contributed by atoms with Crippen molar-refractivity contribution in [1.29, 1.82) is 0 Å². The van der Waals surface area contributed by atoms with Gasteiger partial charge in [0.05, 0.1) is 5.41 Å². The third kappa shape index (κ3) is 2.26. The fourth-order valence-electron chi connectivity index (χ4n) is 4.81. The molecule has 2 saturated carbocycles. The largest absolute Gasteiger partial charge is 0.461 e. The molecule has 3 nitrogen and oxygen atoms in total. The SMILES string of the molecule is CCCCS/C=C1\CC2OC(=O)C3(C)CCCC(C)(C1=O)C23. The molecule has 1 aliphatic heterocycles. The molecule has 0 aromatic rings. The average Bonchev–Trinajstić information content (AvgIpc) is 2.73. The van der Waals surface area contributed by atoms with Gasteiger partial charge in [-0.15, -0.1) is 11.8 Å². The van der Waals surface area contributed by atoms with Crippen molar-refractivity contribution in [2.75, 3.05) is 5.75 Å². The summed E-state index contributed by atoms with van der Waals surface area (Å²) in [5.74, 6) is 1.30. The summed E-state index contributed by atoms with van der Waals surface area (Å²) in [6.45, 7) is 6.25. The summed E-state index contributed by atoms with van der Waals surface area (Å²) in [5, 5.41) is 2.04. The van der Waals surface area contributed by atoms with Crippen LogP contribution in [0.1, 0.15) is 59.3 Å². The van der Waals surface area contributed by atoms with E-state index in [1.807, 2.05) is 12.3 Å². The summed E-state index contributed by atoms with van der Waals surface area (Å²) < 4.78 is 5.71. The molecule has 4 heteroatoms. The molecule has 0 spiro atoms. The van der Waals surface area contributed by atoms with Gasteiger partial charge < -0.3 is 4.74 Å². The van der Waals surface area contributed by atoms with Crippen LogP contribution in [0.5, 0.6) is 0 Å². The molecule has 0 aromatic heterocycles. The van der Waals surface area contributed by atoms with Gasteiger partial charge in [0.2, 0.25) is 0 Å². The van der Waals surface area contributed by atoms with Crippen LogP contribution in [0.3, 0.4) is 0 Å². The van der Waals surface area contributed by atoms with E-state index >= 15 is 0 Å². The molecule has 4 atom stereocenters. The number of thioether (sulfide) groups is 1. The van der Waals surface area contributed by atoms with Crippen molar-refractivity contribution in [2.45, 2.75) is 65.4 Å². The van der Waals surface area contributed by atoms with Crippen LogP contribution in [-0.4, -0.2) is 23.6 Å².